The number of fused-ring (bicyclic) bond motifs is 1. The normalized spacial score (nSPS) is 12.2. The maximum absolute atomic E-state index is 12.9. The van der Waals surface area contributed by atoms with E-state index < -0.39 is 0 Å². The molecule has 5 aromatic rings. The molecule has 0 aliphatic heterocycles. The van der Waals surface area contributed by atoms with Crippen molar-refractivity contribution in [1.29, 1.82) is 0 Å². The van der Waals surface area contributed by atoms with Gasteiger partial charge in [-0.3, -0.25) is 4.79 Å². The van der Waals surface area contributed by atoms with E-state index in [-0.39, 0.29) is 18.2 Å². The van der Waals surface area contributed by atoms with E-state index in [0.717, 1.165) is 27.8 Å². The van der Waals surface area contributed by atoms with E-state index in [1.807, 2.05) is 54.1 Å². The molecule has 0 bridgehead atoms. The fourth-order valence-electron chi connectivity index (χ4n) is 4.10. The Balaban J connectivity index is 1.53. The zero-order valence-corrected chi connectivity index (χ0v) is 19.2. The van der Waals surface area contributed by atoms with E-state index in [2.05, 4.69) is 20.3 Å². The number of H-pyrrole nitrogens is 2. The van der Waals surface area contributed by atoms with E-state index in [4.69, 9.17) is 16.6 Å². The Morgan fingerprint density at radius 1 is 1.24 bits per heavy atom. The predicted molar refractivity (Wildman–Crippen MR) is 134 cm³/mol. The third-order valence-corrected chi connectivity index (χ3v) is 6.13. The number of aryl methyl sites for hydroxylation is 1. The second kappa shape index (κ2) is 9.17. The largest absolute Gasteiger partial charge is 0.394 e. The molecule has 0 spiro atoms. The van der Waals surface area contributed by atoms with Crippen LogP contribution in [-0.4, -0.2) is 42.3 Å². The van der Waals surface area contributed by atoms with Crippen molar-refractivity contribution in [3.63, 3.8) is 0 Å². The van der Waals surface area contributed by atoms with E-state index in [1.54, 1.807) is 24.8 Å². The van der Waals surface area contributed by atoms with Crippen LogP contribution in [0.5, 0.6) is 0 Å². The molecule has 172 valence electrons. The molecule has 5 rings (SSSR count). The number of rotatable bonds is 7. The Morgan fingerprint density at radius 2 is 2.09 bits per heavy atom. The minimum absolute atomic E-state index is 0.134. The first-order valence-corrected chi connectivity index (χ1v) is 11.2. The van der Waals surface area contributed by atoms with Gasteiger partial charge in [0, 0.05) is 29.3 Å². The van der Waals surface area contributed by atoms with Crippen LogP contribution in [0.25, 0.3) is 28.1 Å². The SMILES string of the molecule is Cc1cc(-n2ccnc2)cc2[nH]c(-c3c(N[C@@H](CO)Cc4ccccc4Cl)cc[nH]c3=O)nc12. The number of halogens is 1. The highest BCUT2D eigenvalue weighted by molar-refractivity contribution is 6.31. The number of aromatic amines is 2. The molecule has 1 atom stereocenters. The topological polar surface area (TPSA) is 112 Å². The molecule has 0 radical (unpaired) electrons. The number of aliphatic hydroxyl groups excluding tert-OH is 1. The molecule has 3 heterocycles. The number of benzene rings is 2. The lowest BCUT2D eigenvalue weighted by atomic mass is 10.1. The van der Waals surface area contributed by atoms with Gasteiger partial charge in [-0.2, -0.15) is 0 Å². The van der Waals surface area contributed by atoms with Crippen molar-refractivity contribution in [1.82, 2.24) is 24.5 Å². The highest BCUT2D eigenvalue weighted by atomic mass is 35.5. The van der Waals surface area contributed by atoms with E-state index >= 15 is 0 Å². The van der Waals surface area contributed by atoms with Crippen LogP contribution in [0, 0.1) is 6.92 Å². The maximum Gasteiger partial charge on any atom is 0.261 e. The molecule has 0 unspecified atom stereocenters. The minimum Gasteiger partial charge on any atom is -0.394 e. The number of nitrogens with one attached hydrogen (secondary N) is 3. The molecule has 0 aliphatic rings. The summed E-state index contributed by atoms with van der Waals surface area (Å²) in [5, 5.41) is 14.0. The number of hydrogen-bond donors (Lipinski definition) is 4. The van der Waals surface area contributed by atoms with E-state index in [9.17, 15) is 9.90 Å². The third-order valence-electron chi connectivity index (χ3n) is 5.77. The van der Waals surface area contributed by atoms with Gasteiger partial charge in [0.05, 0.1) is 35.7 Å². The molecule has 4 N–H and O–H groups in total. The Kier molecular flexibility index (Phi) is 5.91. The van der Waals surface area contributed by atoms with Gasteiger partial charge in [0.25, 0.3) is 5.56 Å². The molecule has 0 aliphatic carbocycles. The van der Waals surface area contributed by atoms with Crippen LogP contribution in [0.1, 0.15) is 11.1 Å². The molecule has 0 saturated carbocycles. The highest BCUT2D eigenvalue weighted by Gasteiger charge is 2.19. The summed E-state index contributed by atoms with van der Waals surface area (Å²) in [5.74, 6) is 0.444. The molecule has 8 nitrogen and oxygen atoms in total. The van der Waals surface area contributed by atoms with Crippen LogP contribution in [0.15, 0.2) is 72.2 Å². The Labute approximate surface area is 200 Å². The second-order valence-corrected chi connectivity index (χ2v) is 8.54. The zero-order chi connectivity index (χ0) is 23.7. The lowest BCUT2D eigenvalue weighted by molar-refractivity contribution is 0.274. The lowest BCUT2D eigenvalue weighted by Crippen LogP contribution is -2.28. The van der Waals surface area contributed by atoms with Crippen molar-refractivity contribution in [2.75, 3.05) is 11.9 Å². The summed E-state index contributed by atoms with van der Waals surface area (Å²) in [6.45, 7) is 1.85. The van der Waals surface area contributed by atoms with Gasteiger partial charge in [-0.1, -0.05) is 29.8 Å². The van der Waals surface area contributed by atoms with Crippen LogP contribution >= 0.6 is 11.6 Å². The standard InChI is InChI=1S/C25H23ClN6O2/c1-15-10-18(32-9-8-27-14-32)12-21-23(15)31-24(30-21)22-20(6-7-28-25(22)34)29-17(13-33)11-16-4-2-3-5-19(16)26/h2-10,12,14,17,33H,11,13H2,1H3,(H,30,31)(H2,28,29,34)/t17-/m1/s1. The van der Waals surface area contributed by atoms with Crippen molar-refractivity contribution in [3.05, 3.63) is 93.9 Å². The molecule has 0 fully saturated rings. The third kappa shape index (κ3) is 4.21. The molecule has 0 saturated heterocycles. The van der Waals surface area contributed by atoms with Crippen LogP contribution in [-0.2, 0) is 6.42 Å². The predicted octanol–water partition coefficient (Wildman–Crippen LogP) is 4.08. The van der Waals surface area contributed by atoms with Gasteiger partial charge >= 0.3 is 0 Å². The van der Waals surface area contributed by atoms with Gasteiger partial charge in [-0.25, -0.2) is 9.97 Å². The van der Waals surface area contributed by atoms with E-state index in [0.29, 0.717) is 28.5 Å². The molecule has 9 heteroatoms. The number of nitrogens with zero attached hydrogens (tertiary/aromatic N) is 3. The number of pyridine rings is 1. The first kappa shape index (κ1) is 21.9. The summed E-state index contributed by atoms with van der Waals surface area (Å²) in [6.07, 6.45) is 7.39. The van der Waals surface area contributed by atoms with Crippen molar-refractivity contribution in [2.45, 2.75) is 19.4 Å². The molecule has 34 heavy (non-hydrogen) atoms. The average molecular weight is 475 g/mol. The molecule has 0 amide bonds. The highest BCUT2D eigenvalue weighted by Crippen LogP contribution is 2.28. The summed E-state index contributed by atoms with van der Waals surface area (Å²) < 4.78 is 1.91. The summed E-state index contributed by atoms with van der Waals surface area (Å²) >= 11 is 6.31. The van der Waals surface area contributed by atoms with Crippen molar-refractivity contribution in [3.8, 4) is 17.1 Å². The zero-order valence-electron chi connectivity index (χ0n) is 18.4. The average Bonchev–Trinajstić information content (AvgIpc) is 3.50. The van der Waals surface area contributed by atoms with Crippen LogP contribution < -0.4 is 10.9 Å². The summed E-state index contributed by atoms with van der Waals surface area (Å²) in [4.78, 5) is 27.8. The minimum atomic E-state index is -0.348. The second-order valence-electron chi connectivity index (χ2n) is 8.13. The van der Waals surface area contributed by atoms with Gasteiger partial charge in [-0.05, 0) is 48.7 Å². The number of aliphatic hydroxyl groups is 1. The van der Waals surface area contributed by atoms with Gasteiger partial charge in [-0.15, -0.1) is 0 Å². The number of imidazole rings is 2. The first-order valence-electron chi connectivity index (χ1n) is 10.8. The van der Waals surface area contributed by atoms with Gasteiger partial charge in [0.15, 0.2) is 0 Å². The first-order chi connectivity index (χ1) is 16.5. The number of aromatic nitrogens is 5. The number of anilines is 1. The molecular formula is C25H23ClN6O2. The van der Waals surface area contributed by atoms with Gasteiger partial charge in [0.1, 0.15) is 11.4 Å². The lowest BCUT2D eigenvalue weighted by Gasteiger charge is -2.19. The summed E-state index contributed by atoms with van der Waals surface area (Å²) in [6, 6.07) is 12.9. The van der Waals surface area contributed by atoms with Crippen LogP contribution in [0.3, 0.4) is 0 Å². The fraction of sp³-hybridized carbons (Fsp3) is 0.160. The monoisotopic (exact) mass is 474 g/mol. The van der Waals surface area contributed by atoms with E-state index in [1.165, 1.54) is 0 Å². The molecule has 3 aromatic heterocycles. The summed E-state index contributed by atoms with van der Waals surface area (Å²) in [5.41, 5.74) is 5.07. The van der Waals surface area contributed by atoms with Crippen molar-refractivity contribution in [2.24, 2.45) is 0 Å². The quantitative estimate of drug-likeness (QED) is 0.284. The number of hydrogen-bond acceptors (Lipinski definition) is 5. The Hall–Kier alpha value is -3.88. The van der Waals surface area contributed by atoms with Gasteiger partial charge < -0.3 is 25.0 Å². The van der Waals surface area contributed by atoms with Crippen LogP contribution in [0.4, 0.5) is 5.69 Å². The smallest absolute Gasteiger partial charge is 0.261 e. The van der Waals surface area contributed by atoms with Gasteiger partial charge in [0.2, 0.25) is 0 Å². The maximum atomic E-state index is 12.9. The fourth-order valence-corrected chi connectivity index (χ4v) is 4.31. The Bertz CT molecular complexity index is 1510. The molecular weight excluding hydrogens is 452 g/mol. The van der Waals surface area contributed by atoms with Crippen molar-refractivity contribution < 1.29 is 5.11 Å². The van der Waals surface area contributed by atoms with Crippen LogP contribution in [0.2, 0.25) is 5.02 Å². The molecule has 2 aromatic carbocycles. The Morgan fingerprint density at radius 3 is 2.85 bits per heavy atom. The van der Waals surface area contributed by atoms with Crippen molar-refractivity contribution >= 4 is 28.3 Å². The summed E-state index contributed by atoms with van der Waals surface area (Å²) in [7, 11) is 0.